The number of rotatable bonds is 33. The number of guanidine groups is 2. The molecular formula is C48H81N19O11. The van der Waals surface area contributed by atoms with Crippen molar-refractivity contribution >= 4 is 65.1 Å². The number of aromatic amines is 2. The quantitative estimate of drug-likeness (QED) is 0.0181. The third-order valence-corrected chi connectivity index (χ3v) is 13.1. The molecule has 0 radical (unpaired) electrons. The molecule has 1 aliphatic heterocycles. The standard InChI is InChI=1S/C48H81N19O11/c1-7-26(6)37(66-38(69)29(11-8-14-56-47(50)51)60-39(70)31(17-27-19-54-22-58-27)62-41(72)33(21-68)64-43(74)35(49)24(2)3)44(75)61-30(12-9-15-57-48(52)53)45(76)67-16-10-13-34(67)42(73)63-32(18-28-20-55-23-59-28)40(71)65-36(25(4)5)46(77)78/h19-20,22-26,29-37,68H,7-18,21,49H2,1-6H3,(H,54,58)(H,55,59)(H,60,70)(H,61,75)(H,62,72)(H,63,73)(H,64,74)(H,65,71)(H,66,69)(H,77,78)(H4,50,51,56)(H4,52,53,57)/t26-,29-,30-,31-,32-,33-,34-,35-,36-,37-/m0/s1. The Morgan fingerprint density at radius 2 is 1.13 bits per heavy atom. The number of carbonyl (C=O) groups excluding carboxylic acids is 8. The van der Waals surface area contributed by atoms with E-state index in [1.807, 2.05) is 0 Å². The lowest BCUT2D eigenvalue weighted by atomic mass is 9.96. The number of carboxylic acids is 1. The molecule has 1 aliphatic rings. The Morgan fingerprint density at radius 3 is 1.62 bits per heavy atom. The van der Waals surface area contributed by atoms with Gasteiger partial charge in [-0.15, -0.1) is 0 Å². The first-order valence-electron chi connectivity index (χ1n) is 26.0. The molecule has 0 aliphatic carbocycles. The van der Waals surface area contributed by atoms with Gasteiger partial charge < -0.3 is 91.0 Å². The number of imidazole rings is 2. The van der Waals surface area contributed by atoms with Crippen LogP contribution in [0.25, 0.3) is 0 Å². The molecule has 0 unspecified atom stereocenters. The van der Waals surface area contributed by atoms with E-state index < -0.39 is 126 Å². The number of aliphatic hydroxyl groups is 1. The van der Waals surface area contributed by atoms with Crippen molar-refractivity contribution < 1.29 is 53.4 Å². The molecule has 434 valence electrons. The molecular weight excluding hydrogens is 1020 g/mol. The van der Waals surface area contributed by atoms with Crippen molar-refractivity contribution in [3.8, 4) is 0 Å². The van der Waals surface area contributed by atoms with Crippen LogP contribution in [0.3, 0.4) is 0 Å². The fraction of sp³-hybridized carbons (Fsp3) is 0.646. The van der Waals surface area contributed by atoms with Gasteiger partial charge in [0.1, 0.15) is 48.3 Å². The molecule has 10 atom stereocenters. The van der Waals surface area contributed by atoms with E-state index in [-0.39, 0.29) is 82.4 Å². The number of nitrogens with two attached hydrogens (primary N) is 5. The Bertz CT molecular complexity index is 2360. The zero-order valence-corrected chi connectivity index (χ0v) is 45.1. The average molecular weight is 1100 g/mol. The second kappa shape index (κ2) is 32.0. The van der Waals surface area contributed by atoms with E-state index >= 15 is 0 Å². The number of amides is 8. The number of carboxylic acid groups (broad SMARTS) is 1. The topological polar surface area (TPSA) is 494 Å². The van der Waals surface area contributed by atoms with Gasteiger partial charge in [-0.25, -0.2) is 14.8 Å². The molecule has 0 spiro atoms. The van der Waals surface area contributed by atoms with Gasteiger partial charge in [0.15, 0.2) is 11.9 Å². The molecule has 30 nitrogen and oxygen atoms in total. The van der Waals surface area contributed by atoms with Gasteiger partial charge in [0.2, 0.25) is 47.3 Å². The number of nitrogens with zero attached hydrogens (tertiary/aromatic N) is 5. The Hall–Kier alpha value is -7.89. The lowest BCUT2D eigenvalue weighted by Gasteiger charge is -2.32. The normalized spacial score (nSPS) is 16.6. The first-order valence-corrected chi connectivity index (χ1v) is 26.0. The molecule has 78 heavy (non-hydrogen) atoms. The molecule has 30 heteroatoms. The second-order valence-electron chi connectivity index (χ2n) is 19.8. The molecule has 1 saturated heterocycles. The van der Waals surface area contributed by atoms with Crippen LogP contribution < -0.4 is 65.9 Å². The summed E-state index contributed by atoms with van der Waals surface area (Å²) in [6.07, 6.45) is 6.31. The average Bonchev–Trinajstić information content (AvgIpc) is 4.22. The minimum atomic E-state index is -1.52. The third-order valence-electron chi connectivity index (χ3n) is 13.1. The maximum Gasteiger partial charge on any atom is 0.326 e. The van der Waals surface area contributed by atoms with Crippen molar-refractivity contribution in [2.24, 2.45) is 56.4 Å². The predicted octanol–water partition coefficient (Wildman–Crippen LogP) is -4.83. The minimum Gasteiger partial charge on any atom is -0.480 e. The highest BCUT2D eigenvalue weighted by Gasteiger charge is 2.41. The van der Waals surface area contributed by atoms with Gasteiger partial charge in [-0.2, -0.15) is 0 Å². The SMILES string of the molecule is CC[C@H](C)[C@H](NC(=O)[C@H](CCCN=C(N)N)NC(=O)[C@H](Cc1cnc[nH]1)NC(=O)[C@H](CO)NC(=O)[C@@H](N)C(C)C)C(=O)N[C@@H](CCCN=C(N)N)C(=O)N1CCC[C@H]1C(=O)N[C@@H](Cc1cnc[nH]1)C(=O)N[C@H](C(=O)O)C(C)C. The Labute approximate surface area is 452 Å². The first-order chi connectivity index (χ1) is 36.9. The Balaban J connectivity index is 1.94. The first kappa shape index (κ1) is 64.4. The smallest absolute Gasteiger partial charge is 0.326 e. The summed E-state index contributed by atoms with van der Waals surface area (Å²) in [6.45, 7) is 9.39. The lowest BCUT2D eigenvalue weighted by molar-refractivity contribution is -0.144. The van der Waals surface area contributed by atoms with E-state index in [9.17, 15) is 53.4 Å². The highest BCUT2D eigenvalue weighted by atomic mass is 16.4. The molecule has 0 bridgehead atoms. The summed E-state index contributed by atoms with van der Waals surface area (Å²) < 4.78 is 0. The zero-order chi connectivity index (χ0) is 58.2. The number of hydrogen-bond acceptors (Lipinski definition) is 15. The van der Waals surface area contributed by atoms with Gasteiger partial charge in [-0.3, -0.25) is 48.3 Å². The van der Waals surface area contributed by atoms with Gasteiger partial charge in [-0.05, 0) is 56.3 Å². The van der Waals surface area contributed by atoms with E-state index in [2.05, 4.69) is 67.1 Å². The molecule has 1 fully saturated rings. The van der Waals surface area contributed by atoms with Gasteiger partial charge in [0.05, 0.1) is 25.3 Å². The summed E-state index contributed by atoms with van der Waals surface area (Å²) in [7, 11) is 0. The van der Waals surface area contributed by atoms with Crippen LogP contribution in [0.1, 0.15) is 97.9 Å². The van der Waals surface area contributed by atoms with Gasteiger partial charge in [0.25, 0.3) is 0 Å². The molecule has 21 N–H and O–H groups in total. The van der Waals surface area contributed by atoms with Crippen LogP contribution >= 0.6 is 0 Å². The number of H-pyrrole nitrogens is 2. The molecule has 3 rings (SSSR count). The van der Waals surface area contributed by atoms with Crippen LogP contribution in [0, 0.1) is 17.8 Å². The third kappa shape index (κ3) is 20.6. The summed E-state index contributed by atoms with van der Waals surface area (Å²) in [5, 5.41) is 38.2. The van der Waals surface area contributed by atoms with E-state index in [0.29, 0.717) is 24.2 Å². The molecule has 0 saturated carbocycles. The fourth-order valence-electron chi connectivity index (χ4n) is 8.25. The van der Waals surface area contributed by atoms with Crippen molar-refractivity contribution in [3.05, 3.63) is 36.4 Å². The second-order valence-corrected chi connectivity index (χ2v) is 19.8. The number of nitrogens with one attached hydrogen (secondary N) is 9. The minimum absolute atomic E-state index is 0.0303. The number of aliphatic hydroxyl groups excluding tert-OH is 1. The summed E-state index contributed by atoms with van der Waals surface area (Å²) in [6, 6.07) is -11.7. The molecule has 2 aromatic heterocycles. The van der Waals surface area contributed by atoms with E-state index in [1.165, 1.54) is 29.9 Å². The van der Waals surface area contributed by atoms with Crippen molar-refractivity contribution in [3.63, 3.8) is 0 Å². The highest BCUT2D eigenvalue weighted by Crippen LogP contribution is 2.21. The predicted molar refractivity (Wildman–Crippen MR) is 284 cm³/mol. The summed E-state index contributed by atoms with van der Waals surface area (Å²) in [5.74, 6) is -9.45. The summed E-state index contributed by atoms with van der Waals surface area (Å²) >= 11 is 0. The van der Waals surface area contributed by atoms with Gasteiger partial charge in [0, 0.05) is 56.3 Å². The van der Waals surface area contributed by atoms with Crippen molar-refractivity contribution in [1.82, 2.24) is 62.1 Å². The van der Waals surface area contributed by atoms with Crippen molar-refractivity contribution in [1.29, 1.82) is 0 Å². The monoisotopic (exact) mass is 1100 g/mol. The van der Waals surface area contributed by atoms with Crippen LogP contribution in [0.4, 0.5) is 0 Å². The lowest BCUT2D eigenvalue weighted by Crippen LogP contribution is -2.61. The maximum atomic E-state index is 14.7. The number of aliphatic imine (C=N–C) groups is 2. The highest BCUT2D eigenvalue weighted by molar-refractivity contribution is 5.98. The van der Waals surface area contributed by atoms with Gasteiger partial charge >= 0.3 is 5.97 Å². The van der Waals surface area contributed by atoms with E-state index in [0.717, 1.165) is 0 Å². The van der Waals surface area contributed by atoms with Crippen LogP contribution in [0.2, 0.25) is 0 Å². The van der Waals surface area contributed by atoms with Crippen LogP contribution in [0.5, 0.6) is 0 Å². The van der Waals surface area contributed by atoms with Crippen LogP contribution in [0.15, 0.2) is 35.0 Å². The summed E-state index contributed by atoms with van der Waals surface area (Å²) in [4.78, 5) is 147. The largest absolute Gasteiger partial charge is 0.480 e. The number of aliphatic carboxylic acids is 1. The number of aromatic nitrogens is 4. The summed E-state index contributed by atoms with van der Waals surface area (Å²) in [5.41, 5.74) is 29.0. The fourth-order valence-corrected chi connectivity index (χ4v) is 8.25. The maximum absolute atomic E-state index is 14.7. The molecule has 0 aromatic carbocycles. The zero-order valence-electron chi connectivity index (χ0n) is 45.1. The van der Waals surface area contributed by atoms with Crippen molar-refractivity contribution in [2.45, 2.75) is 154 Å². The van der Waals surface area contributed by atoms with Crippen LogP contribution in [-0.2, 0) is 56.0 Å². The molecule has 2 aromatic rings. The van der Waals surface area contributed by atoms with E-state index in [4.69, 9.17) is 28.7 Å². The van der Waals surface area contributed by atoms with Gasteiger partial charge in [-0.1, -0.05) is 48.0 Å². The molecule has 8 amide bonds. The number of carbonyl (C=O) groups is 9. The van der Waals surface area contributed by atoms with Crippen molar-refractivity contribution in [2.75, 3.05) is 26.2 Å². The Morgan fingerprint density at radius 1 is 0.654 bits per heavy atom. The molecule has 3 heterocycles. The number of likely N-dealkylation sites (tertiary alicyclic amines) is 1. The Kier molecular flexibility index (Phi) is 26.4. The van der Waals surface area contributed by atoms with E-state index in [1.54, 1.807) is 41.5 Å². The number of hydrogen-bond donors (Lipinski definition) is 16. The van der Waals surface area contributed by atoms with Crippen LogP contribution in [-0.4, -0.2) is 181 Å².